The number of nitrogens with one attached hydrogen (secondary N) is 1. The number of carbonyl (C=O) groups excluding carboxylic acids is 1. The molecule has 5 heteroatoms. The third-order valence-electron chi connectivity index (χ3n) is 1.92. The summed E-state index contributed by atoms with van der Waals surface area (Å²) in [4.78, 5) is 20.9. The maximum Gasteiger partial charge on any atom is 0.305 e. The maximum atomic E-state index is 10.6. The number of hydrogen-bond acceptors (Lipinski definition) is 2. The van der Waals surface area contributed by atoms with Crippen LogP contribution >= 0.6 is 15.9 Å². The van der Waals surface area contributed by atoms with Gasteiger partial charge in [0.15, 0.2) is 0 Å². The maximum absolute atomic E-state index is 10.6. The molecule has 4 nitrogen and oxygen atoms in total. The Morgan fingerprint density at radius 2 is 2.07 bits per heavy atom. The van der Waals surface area contributed by atoms with Gasteiger partial charge < -0.3 is 10.4 Å². The zero-order valence-electron chi connectivity index (χ0n) is 7.81. The average Bonchev–Trinajstić information content (AvgIpc) is 2.17. The Bertz CT molecular complexity index is 350. The number of aliphatic carboxylic acids is 1. The Labute approximate surface area is 95.4 Å². The lowest BCUT2D eigenvalue weighted by atomic mass is 10.0. The monoisotopic (exact) mass is 271 g/mol. The molecule has 1 aromatic rings. The Morgan fingerprint density at radius 3 is 2.53 bits per heavy atom. The molecule has 0 aliphatic carbocycles. The van der Waals surface area contributed by atoms with Crippen molar-refractivity contribution in [1.82, 2.24) is 5.32 Å². The van der Waals surface area contributed by atoms with Crippen LogP contribution in [-0.4, -0.2) is 17.5 Å². The highest BCUT2D eigenvalue weighted by Gasteiger charge is 2.13. The molecule has 0 fully saturated rings. The van der Waals surface area contributed by atoms with Crippen LogP contribution in [0.1, 0.15) is 18.0 Å². The van der Waals surface area contributed by atoms with Crippen molar-refractivity contribution in [3.63, 3.8) is 0 Å². The standard InChI is InChI=1S/C10H10BrNO3/c11-8-3-1-7(2-4-8)9(12-6-13)5-10(14)15/h1-4,6,9H,5H2,(H,12,13)(H,14,15)/t9-/m0/s1. The summed E-state index contributed by atoms with van der Waals surface area (Å²) in [5.41, 5.74) is 0.771. The fourth-order valence-corrected chi connectivity index (χ4v) is 1.49. The highest BCUT2D eigenvalue weighted by atomic mass is 79.9. The summed E-state index contributed by atoms with van der Waals surface area (Å²) in [7, 11) is 0. The second-order valence-corrected chi connectivity index (χ2v) is 3.90. The van der Waals surface area contributed by atoms with Gasteiger partial charge in [0.2, 0.25) is 6.41 Å². The van der Waals surface area contributed by atoms with E-state index in [-0.39, 0.29) is 6.42 Å². The van der Waals surface area contributed by atoms with E-state index in [4.69, 9.17) is 5.11 Å². The van der Waals surface area contributed by atoms with Gasteiger partial charge in [0.1, 0.15) is 0 Å². The van der Waals surface area contributed by atoms with Gasteiger partial charge in [-0.2, -0.15) is 0 Å². The number of carboxylic acid groups (broad SMARTS) is 1. The van der Waals surface area contributed by atoms with Gasteiger partial charge in [0, 0.05) is 4.47 Å². The Morgan fingerprint density at radius 1 is 1.47 bits per heavy atom. The van der Waals surface area contributed by atoms with Gasteiger partial charge in [-0.05, 0) is 17.7 Å². The summed E-state index contributed by atoms with van der Waals surface area (Å²) < 4.78 is 0.909. The molecule has 0 spiro atoms. The van der Waals surface area contributed by atoms with E-state index in [0.717, 1.165) is 10.0 Å². The second-order valence-electron chi connectivity index (χ2n) is 2.99. The zero-order chi connectivity index (χ0) is 11.3. The van der Waals surface area contributed by atoms with Crippen LogP contribution in [0.3, 0.4) is 0 Å². The normalized spacial score (nSPS) is 11.8. The van der Waals surface area contributed by atoms with Crippen molar-refractivity contribution in [2.75, 3.05) is 0 Å². The minimum atomic E-state index is -0.947. The molecule has 15 heavy (non-hydrogen) atoms. The molecule has 0 radical (unpaired) electrons. The molecule has 2 N–H and O–H groups in total. The summed E-state index contributed by atoms with van der Waals surface area (Å²) >= 11 is 3.28. The zero-order valence-corrected chi connectivity index (χ0v) is 9.40. The van der Waals surface area contributed by atoms with Crippen molar-refractivity contribution in [1.29, 1.82) is 0 Å². The summed E-state index contributed by atoms with van der Waals surface area (Å²) in [5.74, 6) is -0.947. The van der Waals surface area contributed by atoms with E-state index < -0.39 is 12.0 Å². The third kappa shape index (κ3) is 3.71. The van der Waals surface area contributed by atoms with Gasteiger partial charge in [0.25, 0.3) is 0 Å². The first-order chi connectivity index (χ1) is 7.13. The number of benzene rings is 1. The molecule has 0 unspecified atom stereocenters. The molecule has 1 amide bonds. The number of halogens is 1. The van der Waals surface area contributed by atoms with E-state index in [1.807, 2.05) is 0 Å². The molecule has 0 saturated heterocycles. The summed E-state index contributed by atoms with van der Waals surface area (Å²) in [6.45, 7) is 0. The molecule has 1 atom stereocenters. The summed E-state index contributed by atoms with van der Waals surface area (Å²) in [6, 6.07) is 6.67. The van der Waals surface area contributed by atoms with Crippen LogP contribution in [0.25, 0.3) is 0 Å². The lowest BCUT2D eigenvalue weighted by Gasteiger charge is -2.13. The minimum Gasteiger partial charge on any atom is -0.481 e. The molecule has 0 heterocycles. The minimum absolute atomic E-state index is 0.125. The average molecular weight is 272 g/mol. The predicted molar refractivity (Wildman–Crippen MR) is 58.3 cm³/mol. The topological polar surface area (TPSA) is 66.4 Å². The summed E-state index contributed by atoms with van der Waals surface area (Å²) in [5, 5.41) is 11.1. The third-order valence-corrected chi connectivity index (χ3v) is 2.45. The van der Waals surface area contributed by atoms with Crippen LogP contribution in [0.5, 0.6) is 0 Å². The molecule has 1 rings (SSSR count). The highest BCUT2D eigenvalue weighted by molar-refractivity contribution is 9.10. The van der Waals surface area contributed by atoms with E-state index >= 15 is 0 Å². The predicted octanol–water partition coefficient (Wildman–Crippen LogP) is 1.71. The molecular weight excluding hydrogens is 262 g/mol. The Balaban J connectivity index is 2.83. The quantitative estimate of drug-likeness (QED) is 0.802. The summed E-state index contributed by atoms with van der Waals surface area (Å²) in [6.07, 6.45) is 0.385. The van der Waals surface area contributed by atoms with Gasteiger partial charge in [-0.3, -0.25) is 9.59 Å². The van der Waals surface area contributed by atoms with Crippen molar-refractivity contribution >= 4 is 28.3 Å². The van der Waals surface area contributed by atoms with Crippen LogP contribution in [0.15, 0.2) is 28.7 Å². The second kappa shape index (κ2) is 5.50. The van der Waals surface area contributed by atoms with E-state index in [2.05, 4.69) is 21.2 Å². The molecule has 0 bridgehead atoms. The molecular formula is C10H10BrNO3. The van der Waals surface area contributed by atoms with Gasteiger partial charge >= 0.3 is 5.97 Å². The van der Waals surface area contributed by atoms with E-state index in [1.165, 1.54) is 0 Å². The van der Waals surface area contributed by atoms with Crippen LogP contribution in [0.2, 0.25) is 0 Å². The lowest BCUT2D eigenvalue weighted by Crippen LogP contribution is -2.22. The highest BCUT2D eigenvalue weighted by Crippen LogP contribution is 2.19. The van der Waals surface area contributed by atoms with E-state index in [0.29, 0.717) is 6.41 Å². The number of hydrogen-bond donors (Lipinski definition) is 2. The van der Waals surface area contributed by atoms with Crippen LogP contribution in [-0.2, 0) is 9.59 Å². The molecule has 80 valence electrons. The van der Waals surface area contributed by atoms with Gasteiger partial charge in [-0.1, -0.05) is 28.1 Å². The van der Waals surface area contributed by atoms with Crippen molar-refractivity contribution in [2.45, 2.75) is 12.5 Å². The molecule has 0 saturated carbocycles. The van der Waals surface area contributed by atoms with Crippen LogP contribution in [0, 0.1) is 0 Å². The molecule has 1 aromatic carbocycles. The van der Waals surface area contributed by atoms with Crippen molar-refractivity contribution in [3.8, 4) is 0 Å². The molecule has 0 aliphatic rings. The molecule has 0 aromatic heterocycles. The first-order valence-electron chi connectivity index (χ1n) is 4.30. The first-order valence-corrected chi connectivity index (χ1v) is 5.09. The lowest BCUT2D eigenvalue weighted by molar-refractivity contribution is -0.137. The van der Waals surface area contributed by atoms with E-state index in [9.17, 15) is 9.59 Å². The van der Waals surface area contributed by atoms with E-state index in [1.54, 1.807) is 24.3 Å². The van der Waals surface area contributed by atoms with Gasteiger partial charge in [-0.25, -0.2) is 0 Å². The smallest absolute Gasteiger partial charge is 0.305 e. The fraction of sp³-hybridized carbons (Fsp3) is 0.200. The molecule has 0 aliphatic heterocycles. The largest absolute Gasteiger partial charge is 0.481 e. The van der Waals surface area contributed by atoms with Gasteiger partial charge in [-0.15, -0.1) is 0 Å². The number of carbonyl (C=O) groups is 2. The van der Waals surface area contributed by atoms with Gasteiger partial charge in [0.05, 0.1) is 12.5 Å². The number of carboxylic acids is 1. The number of rotatable bonds is 5. The van der Waals surface area contributed by atoms with Crippen molar-refractivity contribution in [2.24, 2.45) is 0 Å². The van der Waals surface area contributed by atoms with Crippen LogP contribution < -0.4 is 5.32 Å². The Hall–Kier alpha value is -1.36. The Kier molecular flexibility index (Phi) is 4.30. The first kappa shape index (κ1) is 11.7. The fourth-order valence-electron chi connectivity index (χ4n) is 1.22. The number of amides is 1. The van der Waals surface area contributed by atoms with Crippen molar-refractivity contribution in [3.05, 3.63) is 34.3 Å². The van der Waals surface area contributed by atoms with Crippen LogP contribution in [0.4, 0.5) is 0 Å². The van der Waals surface area contributed by atoms with Crippen molar-refractivity contribution < 1.29 is 14.7 Å². The SMILES string of the molecule is O=CN[C@@H](CC(=O)O)c1ccc(Br)cc1.